The highest BCUT2D eigenvalue weighted by atomic mass is 35.5. The number of pyridine rings is 2. The molecule has 0 aliphatic carbocycles. The van der Waals surface area contributed by atoms with Gasteiger partial charge < -0.3 is 4.90 Å². The first-order chi connectivity index (χ1) is 10.7. The fraction of sp³-hybridized carbons (Fsp3) is 0.312. The second-order valence-electron chi connectivity index (χ2n) is 5.22. The molecule has 0 unspecified atom stereocenters. The number of hydrogen-bond acceptors (Lipinski definition) is 5. The van der Waals surface area contributed by atoms with E-state index in [1.165, 1.54) is 0 Å². The number of nitriles is 1. The molecule has 6 heteroatoms. The summed E-state index contributed by atoms with van der Waals surface area (Å²) in [4.78, 5) is 13.3. The number of aromatic nitrogens is 2. The van der Waals surface area contributed by atoms with Crippen LogP contribution in [0.5, 0.6) is 0 Å². The van der Waals surface area contributed by atoms with Gasteiger partial charge in [-0.2, -0.15) is 5.26 Å². The maximum absolute atomic E-state index is 8.93. The molecule has 5 nitrogen and oxygen atoms in total. The molecule has 22 heavy (non-hydrogen) atoms. The highest BCUT2D eigenvalue weighted by molar-refractivity contribution is 6.30. The molecule has 1 fully saturated rings. The molecule has 0 amide bonds. The van der Waals surface area contributed by atoms with E-state index in [1.807, 2.05) is 24.3 Å². The number of anilines is 1. The van der Waals surface area contributed by atoms with Gasteiger partial charge in [0, 0.05) is 38.9 Å². The van der Waals surface area contributed by atoms with Crippen LogP contribution in [-0.2, 0) is 6.54 Å². The van der Waals surface area contributed by atoms with Gasteiger partial charge in [-0.25, -0.2) is 4.98 Å². The second-order valence-corrected chi connectivity index (χ2v) is 5.66. The van der Waals surface area contributed by atoms with Crippen molar-refractivity contribution in [2.24, 2.45) is 0 Å². The van der Waals surface area contributed by atoms with Crippen LogP contribution in [0.2, 0.25) is 5.02 Å². The smallest absolute Gasteiger partial charge is 0.142 e. The standard InChI is InChI=1S/C16H16ClN5/c17-13-4-5-15(19-11-13)12-21-6-8-22(9-7-21)16-3-1-2-14(10-18)20-16/h1-5,11H,6-9,12H2. The third-order valence-corrected chi connectivity index (χ3v) is 3.94. The molecule has 1 saturated heterocycles. The topological polar surface area (TPSA) is 56.1 Å². The van der Waals surface area contributed by atoms with Gasteiger partial charge in [-0.05, 0) is 24.3 Å². The average molecular weight is 314 g/mol. The third kappa shape index (κ3) is 3.53. The molecule has 2 aromatic rings. The Balaban J connectivity index is 1.58. The van der Waals surface area contributed by atoms with Crippen LogP contribution in [0.15, 0.2) is 36.5 Å². The lowest BCUT2D eigenvalue weighted by Crippen LogP contribution is -2.46. The van der Waals surface area contributed by atoms with Crippen molar-refractivity contribution in [1.82, 2.24) is 14.9 Å². The minimum absolute atomic E-state index is 0.463. The maximum atomic E-state index is 8.93. The summed E-state index contributed by atoms with van der Waals surface area (Å²) in [5.41, 5.74) is 1.49. The number of rotatable bonds is 3. The summed E-state index contributed by atoms with van der Waals surface area (Å²) < 4.78 is 0. The average Bonchev–Trinajstić information content (AvgIpc) is 2.58. The highest BCUT2D eigenvalue weighted by Gasteiger charge is 2.18. The van der Waals surface area contributed by atoms with E-state index in [0.29, 0.717) is 10.7 Å². The zero-order valence-electron chi connectivity index (χ0n) is 12.1. The number of hydrogen-bond donors (Lipinski definition) is 0. The predicted octanol–water partition coefficient (Wildman–Crippen LogP) is 2.32. The summed E-state index contributed by atoms with van der Waals surface area (Å²) in [5, 5.41) is 9.59. The van der Waals surface area contributed by atoms with Gasteiger partial charge in [-0.3, -0.25) is 9.88 Å². The van der Waals surface area contributed by atoms with E-state index < -0.39 is 0 Å². The summed E-state index contributed by atoms with van der Waals surface area (Å²) in [6, 6.07) is 11.5. The Kier molecular flexibility index (Phi) is 4.52. The molecule has 0 radical (unpaired) electrons. The van der Waals surface area contributed by atoms with Crippen LogP contribution in [0.25, 0.3) is 0 Å². The molecule has 3 heterocycles. The molecule has 0 N–H and O–H groups in total. The minimum atomic E-state index is 0.463. The molecule has 112 valence electrons. The van der Waals surface area contributed by atoms with Gasteiger partial charge in [-0.15, -0.1) is 0 Å². The largest absolute Gasteiger partial charge is 0.354 e. The van der Waals surface area contributed by atoms with Crippen molar-refractivity contribution < 1.29 is 0 Å². The lowest BCUT2D eigenvalue weighted by molar-refractivity contribution is 0.246. The number of piperazine rings is 1. The van der Waals surface area contributed by atoms with Gasteiger partial charge in [0.25, 0.3) is 0 Å². The highest BCUT2D eigenvalue weighted by Crippen LogP contribution is 2.15. The molecule has 1 aliphatic heterocycles. The molecule has 0 bridgehead atoms. The molecule has 0 atom stereocenters. The SMILES string of the molecule is N#Cc1cccc(N2CCN(Cc3ccc(Cl)cn3)CC2)n1. The van der Waals surface area contributed by atoms with Crippen molar-refractivity contribution in [1.29, 1.82) is 5.26 Å². The summed E-state index contributed by atoms with van der Waals surface area (Å²) in [6.07, 6.45) is 1.68. The fourth-order valence-electron chi connectivity index (χ4n) is 2.53. The van der Waals surface area contributed by atoms with E-state index in [4.69, 9.17) is 16.9 Å². The van der Waals surface area contributed by atoms with Crippen molar-refractivity contribution in [2.75, 3.05) is 31.1 Å². The van der Waals surface area contributed by atoms with E-state index in [-0.39, 0.29) is 0 Å². The fourth-order valence-corrected chi connectivity index (χ4v) is 2.64. The first kappa shape index (κ1) is 14.8. The van der Waals surface area contributed by atoms with Crippen molar-refractivity contribution in [3.63, 3.8) is 0 Å². The lowest BCUT2D eigenvalue weighted by atomic mass is 10.2. The van der Waals surface area contributed by atoms with Gasteiger partial charge in [0.05, 0.1) is 10.7 Å². The predicted molar refractivity (Wildman–Crippen MR) is 85.7 cm³/mol. The molecular formula is C16H16ClN5. The summed E-state index contributed by atoms with van der Waals surface area (Å²) in [5.74, 6) is 0.878. The normalized spacial score (nSPS) is 15.5. The molecule has 0 spiro atoms. The number of nitrogens with zero attached hydrogens (tertiary/aromatic N) is 5. The van der Waals surface area contributed by atoms with Crippen LogP contribution in [0, 0.1) is 11.3 Å². The van der Waals surface area contributed by atoms with Gasteiger partial charge >= 0.3 is 0 Å². The maximum Gasteiger partial charge on any atom is 0.142 e. The Morgan fingerprint density at radius 3 is 2.64 bits per heavy atom. The van der Waals surface area contributed by atoms with Crippen LogP contribution in [0.3, 0.4) is 0 Å². The lowest BCUT2D eigenvalue weighted by Gasteiger charge is -2.35. The molecule has 1 aliphatic rings. The Morgan fingerprint density at radius 1 is 1.14 bits per heavy atom. The summed E-state index contributed by atoms with van der Waals surface area (Å²) in [6.45, 7) is 4.52. The van der Waals surface area contributed by atoms with E-state index in [2.05, 4.69) is 25.8 Å². The van der Waals surface area contributed by atoms with E-state index in [0.717, 1.165) is 44.2 Å². The minimum Gasteiger partial charge on any atom is -0.354 e. The summed E-state index contributed by atoms with van der Waals surface area (Å²) >= 11 is 5.85. The van der Waals surface area contributed by atoms with E-state index >= 15 is 0 Å². The zero-order valence-corrected chi connectivity index (χ0v) is 12.9. The molecule has 2 aromatic heterocycles. The van der Waals surface area contributed by atoms with Crippen LogP contribution in [0.1, 0.15) is 11.4 Å². The van der Waals surface area contributed by atoms with E-state index in [9.17, 15) is 0 Å². The molecular weight excluding hydrogens is 298 g/mol. The van der Waals surface area contributed by atoms with Gasteiger partial charge in [-0.1, -0.05) is 17.7 Å². The molecule has 0 saturated carbocycles. The van der Waals surface area contributed by atoms with Crippen LogP contribution in [0.4, 0.5) is 5.82 Å². The van der Waals surface area contributed by atoms with Gasteiger partial charge in [0.15, 0.2) is 0 Å². The van der Waals surface area contributed by atoms with Gasteiger partial charge in [0.1, 0.15) is 17.6 Å². The Labute approximate surface area is 134 Å². The third-order valence-electron chi connectivity index (χ3n) is 3.72. The molecule has 0 aromatic carbocycles. The second kappa shape index (κ2) is 6.73. The molecule has 3 rings (SSSR count). The first-order valence-electron chi connectivity index (χ1n) is 7.19. The van der Waals surface area contributed by atoms with Gasteiger partial charge in [0.2, 0.25) is 0 Å². The van der Waals surface area contributed by atoms with E-state index in [1.54, 1.807) is 12.3 Å². The first-order valence-corrected chi connectivity index (χ1v) is 7.57. The Hall–Kier alpha value is -2.16. The van der Waals surface area contributed by atoms with Crippen molar-refractivity contribution in [2.45, 2.75) is 6.54 Å². The van der Waals surface area contributed by atoms with Crippen LogP contribution in [-0.4, -0.2) is 41.0 Å². The Morgan fingerprint density at radius 2 is 1.95 bits per heavy atom. The van der Waals surface area contributed by atoms with Crippen molar-refractivity contribution in [3.8, 4) is 6.07 Å². The van der Waals surface area contributed by atoms with Crippen LogP contribution < -0.4 is 4.90 Å². The number of halogens is 1. The quantitative estimate of drug-likeness (QED) is 0.870. The monoisotopic (exact) mass is 313 g/mol. The zero-order chi connectivity index (χ0) is 15.4. The van der Waals surface area contributed by atoms with Crippen LogP contribution >= 0.6 is 11.6 Å². The summed E-state index contributed by atoms with van der Waals surface area (Å²) in [7, 11) is 0. The van der Waals surface area contributed by atoms with Crippen molar-refractivity contribution >= 4 is 17.4 Å². The van der Waals surface area contributed by atoms with Crippen molar-refractivity contribution in [3.05, 3.63) is 52.9 Å². The Bertz CT molecular complexity index is 672.